The molecule has 27 heavy (non-hydrogen) atoms. The molecule has 2 aromatic heterocycles. The van der Waals surface area contributed by atoms with E-state index in [4.69, 9.17) is 23.2 Å². The molecule has 0 aliphatic rings. The molecule has 0 radical (unpaired) electrons. The Morgan fingerprint density at radius 2 is 1.56 bits per heavy atom. The SMILES string of the molecule is O=C(NCc1ccc(Cl)cc1)c1ccc2nnc(-c3ccc(Cl)cc3)n2c1. The van der Waals surface area contributed by atoms with Crippen LogP contribution in [0.3, 0.4) is 0 Å². The van der Waals surface area contributed by atoms with E-state index in [1.165, 1.54) is 0 Å². The zero-order valence-corrected chi connectivity index (χ0v) is 15.6. The normalized spacial score (nSPS) is 10.9. The van der Waals surface area contributed by atoms with Crippen LogP contribution < -0.4 is 5.32 Å². The van der Waals surface area contributed by atoms with Crippen LogP contribution in [0.4, 0.5) is 0 Å². The molecule has 134 valence electrons. The van der Waals surface area contributed by atoms with Gasteiger partial charge >= 0.3 is 0 Å². The van der Waals surface area contributed by atoms with Gasteiger partial charge in [-0.1, -0.05) is 35.3 Å². The third kappa shape index (κ3) is 3.79. The van der Waals surface area contributed by atoms with Crippen LogP contribution in [0.25, 0.3) is 17.0 Å². The Morgan fingerprint density at radius 3 is 2.26 bits per heavy atom. The van der Waals surface area contributed by atoms with Crippen LogP contribution in [0, 0.1) is 0 Å². The van der Waals surface area contributed by atoms with E-state index in [2.05, 4.69) is 15.5 Å². The lowest BCUT2D eigenvalue weighted by molar-refractivity contribution is 0.0950. The van der Waals surface area contributed by atoms with Gasteiger partial charge in [0.1, 0.15) is 0 Å². The van der Waals surface area contributed by atoms with Crippen molar-refractivity contribution in [2.75, 3.05) is 0 Å². The van der Waals surface area contributed by atoms with E-state index in [-0.39, 0.29) is 5.91 Å². The zero-order valence-electron chi connectivity index (χ0n) is 14.1. The van der Waals surface area contributed by atoms with Crippen LogP contribution in [0.5, 0.6) is 0 Å². The summed E-state index contributed by atoms with van der Waals surface area (Å²) in [5, 5.41) is 12.6. The maximum absolute atomic E-state index is 12.5. The molecule has 0 atom stereocenters. The standard InChI is InChI=1S/C20H14Cl2N4O/c21-16-6-1-13(2-7-16)11-23-20(27)15-5-10-18-24-25-19(26(18)12-15)14-3-8-17(22)9-4-14/h1-10,12H,11H2,(H,23,27). The number of aromatic nitrogens is 3. The molecule has 2 aromatic carbocycles. The van der Waals surface area contributed by atoms with Crippen molar-refractivity contribution in [3.63, 3.8) is 0 Å². The van der Waals surface area contributed by atoms with Gasteiger partial charge in [-0.15, -0.1) is 10.2 Å². The first-order valence-corrected chi connectivity index (χ1v) is 8.99. The van der Waals surface area contributed by atoms with Crippen molar-refractivity contribution in [1.29, 1.82) is 0 Å². The predicted octanol–water partition coefficient (Wildman–Crippen LogP) is 4.63. The van der Waals surface area contributed by atoms with Crippen molar-refractivity contribution in [3.8, 4) is 11.4 Å². The molecule has 0 saturated carbocycles. The number of fused-ring (bicyclic) bond motifs is 1. The maximum Gasteiger partial charge on any atom is 0.253 e. The minimum absolute atomic E-state index is 0.178. The molecule has 1 N–H and O–H groups in total. The van der Waals surface area contributed by atoms with Crippen LogP contribution >= 0.6 is 23.2 Å². The number of nitrogens with zero attached hydrogens (tertiary/aromatic N) is 3. The summed E-state index contributed by atoms with van der Waals surface area (Å²) in [5.74, 6) is 0.469. The van der Waals surface area contributed by atoms with E-state index < -0.39 is 0 Å². The number of carbonyl (C=O) groups excluding carboxylic acids is 1. The molecule has 0 aliphatic heterocycles. The molecule has 2 heterocycles. The van der Waals surface area contributed by atoms with Crippen molar-refractivity contribution in [1.82, 2.24) is 19.9 Å². The van der Waals surface area contributed by atoms with Crippen LogP contribution in [0.15, 0.2) is 66.9 Å². The first-order valence-electron chi connectivity index (χ1n) is 8.23. The monoisotopic (exact) mass is 396 g/mol. The molecular weight excluding hydrogens is 383 g/mol. The molecule has 0 saturated heterocycles. The van der Waals surface area contributed by atoms with E-state index in [1.807, 2.05) is 24.3 Å². The minimum Gasteiger partial charge on any atom is -0.348 e. The van der Waals surface area contributed by atoms with Crippen molar-refractivity contribution >= 4 is 34.8 Å². The molecule has 0 fully saturated rings. The number of hydrogen-bond acceptors (Lipinski definition) is 3. The van der Waals surface area contributed by atoms with Gasteiger partial charge < -0.3 is 5.32 Å². The minimum atomic E-state index is -0.178. The Bertz CT molecular complexity index is 1110. The van der Waals surface area contributed by atoms with Gasteiger partial charge in [-0.25, -0.2) is 0 Å². The lowest BCUT2D eigenvalue weighted by atomic mass is 10.2. The third-order valence-electron chi connectivity index (χ3n) is 4.13. The van der Waals surface area contributed by atoms with E-state index in [0.29, 0.717) is 33.6 Å². The van der Waals surface area contributed by atoms with Crippen LogP contribution in [0.1, 0.15) is 15.9 Å². The Balaban J connectivity index is 1.58. The van der Waals surface area contributed by atoms with E-state index in [9.17, 15) is 4.79 Å². The van der Waals surface area contributed by atoms with Crippen LogP contribution in [-0.4, -0.2) is 20.5 Å². The molecule has 0 spiro atoms. The second kappa shape index (κ2) is 7.39. The molecule has 4 aromatic rings. The summed E-state index contributed by atoms with van der Waals surface area (Å²) in [7, 11) is 0. The van der Waals surface area contributed by atoms with E-state index in [0.717, 1.165) is 11.1 Å². The number of nitrogens with one attached hydrogen (secondary N) is 1. The number of hydrogen-bond donors (Lipinski definition) is 1. The van der Waals surface area contributed by atoms with Gasteiger partial charge in [-0.3, -0.25) is 9.20 Å². The summed E-state index contributed by atoms with van der Waals surface area (Å²) in [6.45, 7) is 0.417. The second-order valence-electron chi connectivity index (χ2n) is 5.99. The molecule has 0 aliphatic carbocycles. The van der Waals surface area contributed by atoms with Crippen molar-refractivity contribution in [3.05, 3.63) is 88.0 Å². The number of halogens is 2. The lowest BCUT2D eigenvalue weighted by Crippen LogP contribution is -2.23. The molecule has 5 nitrogen and oxygen atoms in total. The van der Waals surface area contributed by atoms with Crippen molar-refractivity contribution < 1.29 is 4.79 Å². The lowest BCUT2D eigenvalue weighted by Gasteiger charge is -2.07. The molecule has 7 heteroatoms. The van der Waals surface area contributed by atoms with Crippen molar-refractivity contribution in [2.45, 2.75) is 6.54 Å². The highest BCUT2D eigenvalue weighted by atomic mass is 35.5. The smallest absolute Gasteiger partial charge is 0.253 e. The Kier molecular flexibility index (Phi) is 4.79. The maximum atomic E-state index is 12.5. The molecular formula is C20H14Cl2N4O. The van der Waals surface area contributed by atoms with Gasteiger partial charge in [0, 0.05) is 28.4 Å². The molecule has 0 unspecified atom stereocenters. The number of pyridine rings is 1. The summed E-state index contributed by atoms with van der Waals surface area (Å²) < 4.78 is 1.79. The summed E-state index contributed by atoms with van der Waals surface area (Å²) in [6.07, 6.45) is 1.73. The third-order valence-corrected chi connectivity index (χ3v) is 4.64. The highest BCUT2D eigenvalue weighted by molar-refractivity contribution is 6.30. The van der Waals surface area contributed by atoms with Gasteiger partial charge in [-0.2, -0.15) is 0 Å². The van der Waals surface area contributed by atoms with Gasteiger partial charge in [-0.05, 0) is 54.1 Å². The average molecular weight is 397 g/mol. The van der Waals surface area contributed by atoms with Gasteiger partial charge in [0.15, 0.2) is 11.5 Å². The highest BCUT2D eigenvalue weighted by Gasteiger charge is 2.12. The number of rotatable bonds is 4. The first kappa shape index (κ1) is 17.5. The molecule has 0 bridgehead atoms. The average Bonchev–Trinajstić information content (AvgIpc) is 3.11. The Hall–Kier alpha value is -2.89. The van der Waals surface area contributed by atoms with Crippen molar-refractivity contribution in [2.24, 2.45) is 0 Å². The zero-order chi connectivity index (χ0) is 18.8. The fourth-order valence-corrected chi connectivity index (χ4v) is 2.96. The summed E-state index contributed by atoms with van der Waals surface area (Å²) in [5.41, 5.74) is 3.02. The number of benzene rings is 2. The Morgan fingerprint density at radius 1 is 0.889 bits per heavy atom. The largest absolute Gasteiger partial charge is 0.348 e. The Labute approximate surface area is 165 Å². The number of amides is 1. The fourth-order valence-electron chi connectivity index (χ4n) is 2.71. The van der Waals surface area contributed by atoms with E-state index >= 15 is 0 Å². The van der Waals surface area contributed by atoms with Gasteiger partial charge in [0.25, 0.3) is 5.91 Å². The van der Waals surface area contributed by atoms with Gasteiger partial charge in [0.05, 0.1) is 5.56 Å². The molecule has 4 rings (SSSR count). The summed E-state index contributed by atoms with van der Waals surface area (Å²) in [6, 6.07) is 18.2. The summed E-state index contributed by atoms with van der Waals surface area (Å²) >= 11 is 11.8. The van der Waals surface area contributed by atoms with Gasteiger partial charge in [0.2, 0.25) is 0 Å². The van der Waals surface area contributed by atoms with E-state index in [1.54, 1.807) is 47.0 Å². The predicted molar refractivity (Wildman–Crippen MR) is 106 cm³/mol. The first-order chi connectivity index (χ1) is 13.1. The topological polar surface area (TPSA) is 59.3 Å². The highest BCUT2D eigenvalue weighted by Crippen LogP contribution is 2.21. The summed E-state index contributed by atoms with van der Waals surface area (Å²) in [4.78, 5) is 12.5. The number of carbonyl (C=O) groups is 1. The quantitative estimate of drug-likeness (QED) is 0.546. The fraction of sp³-hybridized carbons (Fsp3) is 0.0500. The molecule has 1 amide bonds. The van der Waals surface area contributed by atoms with Crippen LogP contribution in [0.2, 0.25) is 10.0 Å². The second-order valence-corrected chi connectivity index (χ2v) is 6.86. The van der Waals surface area contributed by atoms with Crippen LogP contribution in [-0.2, 0) is 6.54 Å².